The summed E-state index contributed by atoms with van der Waals surface area (Å²) in [7, 11) is -2.02. The van der Waals surface area contributed by atoms with Crippen LogP contribution in [0.2, 0.25) is 5.02 Å². The monoisotopic (exact) mass is 418 g/mol. The van der Waals surface area contributed by atoms with Gasteiger partial charge in [-0.05, 0) is 30.3 Å². The molecular formula is C20H19ClN2O4S. The molecule has 28 heavy (non-hydrogen) atoms. The van der Waals surface area contributed by atoms with Gasteiger partial charge < -0.3 is 14.6 Å². The van der Waals surface area contributed by atoms with Gasteiger partial charge in [-0.3, -0.25) is 4.79 Å². The Balaban J connectivity index is 1.73. The Morgan fingerprint density at radius 2 is 1.79 bits per heavy atom. The fraction of sp³-hybridized carbons (Fsp3) is 0.150. The first-order chi connectivity index (χ1) is 13.4. The fourth-order valence-corrected chi connectivity index (χ4v) is 4.16. The molecule has 0 saturated heterocycles. The van der Waals surface area contributed by atoms with Crippen LogP contribution in [0.3, 0.4) is 0 Å². The number of hydrogen-bond acceptors (Lipinski definition) is 4. The lowest BCUT2D eigenvalue weighted by molar-refractivity contribution is 0.0953. The number of rotatable bonds is 7. The highest BCUT2D eigenvalue weighted by molar-refractivity contribution is 7.91. The van der Waals surface area contributed by atoms with Crippen molar-refractivity contribution in [3.05, 3.63) is 77.6 Å². The Morgan fingerprint density at radius 1 is 1.11 bits per heavy atom. The van der Waals surface area contributed by atoms with E-state index in [-0.39, 0.29) is 22.8 Å². The van der Waals surface area contributed by atoms with Gasteiger partial charge in [0.2, 0.25) is 0 Å². The Hall–Kier alpha value is -2.77. The smallest absolute Gasteiger partial charge is 0.255 e. The van der Waals surface area contributed by atoms with Crippen LogP contribution >= 0.6 is 11.6 Å². The van der Waals surface area contributed by atoms with Crippen LogP contribution in [-0.2, 0) is 9.84 Å². The first-order valence-electron chi connectivity index (χ1n) is 8.49. The van der Waals surface area contributed by atoms with Crippen LogP contribution in [0, 0.1) is 0 Å². The molecule has 1 amide bonds. The molecule has 146 valence electrons. The van der Waals surface area contributed by atoms with Crippen molar-refractivity contribution in [3.63, 3.8) is 0 Å². The fourth-order valence-electron chi connectivity index (χ4n) is 2.72. The Bertz CT molecular complexity index is 1070. The minimum absolute atomic E-state index is 0.0316. The van der Waals surface area contributed by atoms with Crippen molar-refractivity contribution in [2.45, 2.75) is 4.90 Å². The molecule has 2 aromatic carbocycles. The topological polar surface area (TPSA) is 77.4 Å². The van der Waals surface area contributed by atoms with Crippen LogP contribution in [-0.4, -0.2) is 38.3 Å². The van der Waals surface area contributed by atoms with Gasteiger partial charge in [0.15, 0.2) is 9.84 Å². The van der Waals surface area contributed by atoms with Crippen molar-refractivity contribution in [1.82, 2.24) is 9.88 Å². The molecule has 0 aliphatic rings. The van der Waals surface area contributed by atoms with Crippen LogP contribution in [0.5, 0.6) is 5.75 Å². The lowest BCUT2D eigenvalue weighted by atomic mass is 10.1. The third-order valence-corrected chi connectivity index (χ3v) is 6.19. The molecule has 0 fully saturated rings. The van der Waals surface area contributed by atoms with E-state index in [9.17, 15) is 13.2 Å². The highest BCUT2D eigenvalue weighted by atomic mass is 35.5. The van der Waals surface area contributed by atoms with E-state index in [0.717, 1.165) is 0 Å². The lowest BCUT2D eigenvalue weighted by Crippen LogP contribution is -2.29. The molecule has 0 saturated carbocycles. The summed E-state index contributed by atoms with van der Waals surface area (Å²) >= 11 is 6.33. The molecule has 0 atom stereocenters. The van der Waals surface area contributed by atoms with Crippen LogP contribution < -0.4 is 10.1 Å². The Labute approximate surface area is 168 Å². The number of hydrogen-bond donors (Lipinski definition) is 1. The summed E-state index contributed by atoms with van der Waals surface area (Å²) in [6, 6.07) is 15.0. The van der Waals surface area contributed by atoms with Gasteiger partial charge >= 0.3 is 0 Å². The zero-order valence-electron chi connectivity index (χ0n) is 15.1. The highest BCUT2D eigenvalue weighted by Crippen LogP contribution is 2.30. The van der Waals surface area contributed by atoms with Gasteiger partial charge in [0.1, 0.15) is 5.75 Å². The number of methoxy groups -OCH3 is 1. The number of carbonyl (C=O) groups is 1. The minimum Gasteiger partial charge on any atom is -0.496 e. The van der Waals surface area contributed by atoms with Gasteiger partial charge in [0, 0.05) is 25.0 Å². The summed E-state index contributed by atoms with van der Waals surface area (Å²) < 4.78 is 31.7. The van der Waals surface area contributed by atoms with Crippen LogP contribution in [0.4, 0.5) is 0 Å². The molecule has 0 radical (unpaired) electrons. The first-order valence-corrected chi connectivity index (χ1v) is 10.5. The van der Waals surface area contributed by atoms with Gasteiger partial charge in [-0.2, -0.15) is 0 Å². The van der Waals surface area contributed by atoms with Crippen LogP contribution in [0.25, 0.3) is 5.69 Å². The molecule has 0 spiro atoms. The van der Waals surface area contributed by atoms with E-state index < -0.39 is 15.7 Å². The number of carbonyl (C=O) groups excluding carboxylic acids is 1. The average molecular weight is 419 g/mol. The highest BCUT2D eigenvalue weighted by Gasteiger charge is 2.18. The predicted molar refractivity (Wildman–Crippen MR) is 108 cm³/mol. The molecule has 1 N–H and O–H groups in total. The normalized spacial score (nSPS) is 11.2. The summed E-state index contributed by atoms with van der Waals surface area (Å²) in [5.74, 6) is -0.321. The molecule has 1 heterocycles. The number of nitrogens with zero attached hydrogens (tertiary/aromatic N) is 1. The van der Waals surface area contributed by atoms with E-state index in [1.54, 1.807) is 28.8 Å². The van der Waals surface area contributed by atoms with Crippen LogP contribution in [0.1, 0.15) is 10.4 Å². The molecule has 1 aromatic heterocycles. The van der Waals surface area contributed by atoms with Crippen molar-refractivity contribution in [3.8, 4) is 11.4 Å². The quantitative estimate of drug-likeness (QED) is 0.638. The van der Waals surface area contributed by atoms with E-state index in [1.807, 2.05) is 24.5 Å². The number of benzene rings is 2. The number of nitrogens with one attached hydrogen (secondary N) is 1. The van der Waals surface area contributed by atoms with Crippen molar-refractivity contribution >= 4 is 27.3 Å². The summed E-state index contributed by atoms with van der Waals surface area (Å²) in [5.41, 5.74) is 0.909. The number of amides is 1. The Kier molecular flexibility index (Phi) is 6.06. The second kappa shape index (κ2) is 8.50. The zero-order valence-corrected chi connectivity index (χ0v) is 16.7. The number of aromatic nitrogens is 1. The molecule has 0 unspecified atom stereocenters. The molecule has 3 aromatic rings. The average Bonchev–Trinajstić information content (AvgIpc) is 3.22. The maximum absolute atomic E-state index is 12.5. The molecule has 0 bridgehead atoms. The lowest BCUT2D eigenvalue weighted by Gasteiger charge is -2.13. The molecule has 0 aliphatic heterocycles. The van der Waals surface area contributed by atoms with E-state index in [1.165, 1.54) is 25.3 Å². The van der Waals surface area contributed by atoms with Gasteiger partial charge in [0.25, 0.3) is 5.91 Å². The summed E-state index contributed by atoms with van der Waals surface area (Å²) in [5, 5.41) is 2.99. The maximum atomic E-state index is 12.5. The standard InChI is InChI=1S/C20H19ClN2O4S/c1-27-19-14-18(23-10-5-6-11-23)17(21)13-16(19)20(24)22-9-12-28(25,26)15-7-3-2-4-8-15/h2-8,10-11,13-14H,9,12H2,1H3,(H,22,24). The Morgan fingerprint density at radius 3 is 2.43 bits per heavy atom. The van der Waals surface area contributed by atoms with Crippen molar-refractivity contribution in [2.75, 3.05) is 19.4 Å². The van der Waals surface area contributed by atoms with Crippen molar-refractivity contribution in [1.29, 1.82) is 0 Å². The largest absolute Gasteiger partial charge is 0.496 e. The molecule has 0 aliphatic carbocycles. The molecule has 8 heteroatoms. The molecular weight excluding hydrogens is 400 g/mol. The maximum Gasteiger partial charge on any atom is 0.255 e. The third-order valence-electron chi connectivity index (χ3n) is 4.15. The summed E-state index contributed by atoms with van der Waals surface area (Å²) in [6.07, 6.45) is 3.66. The van der Waals surface area contributed by atoms with E-state index >= 15 is 0 Å². The van der Waals surface area contributed by atoms with Gasteiger partial charge in [-0.1, -0.05) is 29.8 Å². The van der Waals surface area contributed by atoms with E-state index in [0.29, 0.717) is 16.5 Å². The van der Waals surface area contributed by atoms with Gasteiger partial charge in [0.05, 0.1) is 34.0 Å². The molecule has 6 nitrogen and oxygen atoms in total. The summed E-state index contributed by atoms with van der Waals surface area (Å²) in [6.45, 7) is -0.0316. The third kappa shape index (κ3) is 4.37. The number of ether oxygens (including phenoxy) is 1. The molecule has 3 rings (SSSR count). The van der Waals surface area contributed by atoms with Crippen LogP contribution in [0.15, 0.2) is 71.9 Å². The van der Waals surface area contributed by atoms with Crippen molar-refractivity contribution < 1.29 is 17.9 Å². The first kappa shape index (κ1) is 20.0. The van der Waals surface area contributed by atoms with Gasteiger partial charge in [-0.15, -0.1) is 0 Å². The summed E-state index contributed by atoms with van der Waals surface area (Å²) in [4.78, 5) is 12.8. The second-order valence-electron chi connectivity index (χ2n) is 5.98. The van der Waals surface area contributed by atoms with Crippen molar-refractivity contribution in [2.24, 2.45) is 0 Å². The van der Waals surface area contributed by atoms with E-state index in [4.69, 9.17) is 16.3 Å². The zero-order chi connectivity index (χ0) is 20.1. The SMILES string of the molecule is COc1cc(-n2cccc2)c(Cl)cc1C(=O)NCCS(=O)(=O)c1ccccc1. The van der Waals surface area contributed by atoms with E-state index in [2.05, 4.69) is 5.32 Å². The number of sulfone groups is 1. The minimum atomic E-state index is -3.47. The van der Waals surface area contributed by atoms with Gasteiger partial charge in [-0.25, -0.2) is 8.42 Å². The number of halogens is 1. The predicted octanol–water partition coefficient (Wildman–Crippen LogP) is 3.34. The second-order valence-corrected chi connectivity index (χ2v) is 8.50.